The van der Waals surface area contributed by atoms with Crippen molar-refractivity contribution in [2.45, 2.75) is 91.6 Å². The summed E-state index contributed by atoms with van der Waals surface area (Å²) in [6.45, 7) is 16.2. The predicted octanol–water partition coefficient (Wildman–Crippen LogP) is 3.23. The maximum absolute atomic E-state index is 13.7. The van der Waals surface area contributed by atoms with Crippen molar-refractivity contribution in [3.8, 4) is 0 Å². The number of rotatable bonds is 9. The molecule has 0 aromatic heterocycles. The summed E-state index contributed by atoms with van der Waals surface area (Å²) in [4.78, 5) is 47.7. The van der Waals surface area contributed by atoms with Gasteiger partial charge in [-0.1, -0.05) is 27.7 Å². The minimum Gasteiger partial charge on any atom is -0.341 e. The quantitative estimate of drug-likeness (QED) is 0.513. The number of hydrogen-bond acceptors (Lipinski definition) is 4. The summed E-state index contributed by atoms with van der Waals surface area (Å²) in [6, 6.07) is -0.873. The lowest BCUT2D eigenvalue weighted by Gasteiger charge is -2.45. The van der Waals surface area contributed by atoms with Crippen LogP contribution in [0, 0.1) is 17.8 Å². The molecule has 0 aliphatic carbocycles. The van der Waals surface area contributed by atoms with E-state index in [1.807, 2.05) is 9.80 Å². The van der Waals surface area contributed by atoms with Gasteiger partial charge in [0.25, 0.3) is 0 Å². The molecule has 2 atom stereocenters. The zero-order valence-electron chi connectivity index (χ0n) is 22.3. The smallest absolute Gasteiger partial charge is 0.246 e. The highest BCUT2D eigenvalue weighted by atomic mass is 16.2. The van der Waals surface area contributed by atoms with Gasteiger partial charge in [-0.25, -0.2) is 0 Å². The minimum atomic E-state index is -0.454. The Balaban J connectivity index is 1.63. The van der Waals surface area contributed by atoms with Crippen molar-refractivity contribution in [2.24, 2.45) is 17.8 Å². The molecule has 7 heteroatoms. The number of carbonyl (C=O) groups is 3. The SMILES string of the molecule is CC(=O)N1CCN([C@@H](CC(C)C)C(=O)N2CCC(CCN3CCCC3)CC2)C(=O)[C@@H]1CC(C)C. The number of nitrogens with zero attached hydrogens (tertiary/aromatic N) is 4. The molecule has 3 aliphatic rings. The maximum atomic E-state index is 13.7. The van der Waals surface area contributed by atoms with Crippen molar-refractivity contribution < 1.29 is 14.4 Å². The van der Waals surface area contributed by atoms with Crippen molar-refractivity contribution in [1.29, 1.82) is 0 Å². The summed E-state index contributed by atoms with van der Waals surface area (Å²) in [6.07, 6.45) is 7.35. The van der Waals surface area contributed by atoms with Gasteiger partial charge >= 0.3 is 0 Å². The van der Waals surface area contributed by atoms with Gasteiger partial charge in [-0.3, -0.25) is 14.4 Å². The lowest BCUT2D eigenvalue weighted by atomic mass is 9.91. The van der Waals surface area contributed by atoms with Crippen LogP contribution in [-0.2, 0) is 14.4 Å². The molecule has 3 saturated heterocycles. The second-order valence-corrected chi connectivity index (χ2v) is 11.6. The lowest BCUT2D eigenvalue weighted by Crippen LogP contribution is -2.63. The first-order valence-corrected chi connectivity index (χ1v) is 13.8. The first-order chi connectivity index (χ1) is 16.2. The largest absolute Gasteiger partial charge is 0.341 e. The van der Waals surface area contributed by atoms with Crippen LogP contribution in [0.3, 0.4) is 0 Å². The van der Waals surface area contributed by atoms with Crippen molar-refractivity contribution in [3.05, 3.63) is 0 Å². The van der Waals surface area contributed by atoms with Gasteiger partial charge in [0.1, 0.15) is 12.1 Å². The van der Waals surface area contributed by atoms with E-state index in [0.29, 0.717) is 43.7 Å². The summed E-state index contributed by atoms with van der Waals surface area (Å²) < 4.78 is 0. The van der Waals surface area contributed by atoms with Crippen molar-refractivity contribution in [2.75, 3.05) is 45.8 Å². The number of hydrogen-bond donors (Lipinski definition) is 0. The highest BCUT2D eigenvalue weighted by molar-refractivity contribution is 5.92. The molecule has 34 heavy (non-hydrogen) atoms. The number of piperidine rings is 1. The summed E-state index contributed by atoms with van der Waals surface area (Å²) >= 11 is 0. The zero-order chi connectivity index (χ0) is 24.8. The van der Waals surface area contributed by atoms with Crippen molar-refractivity contribution >= 4 is 17.7 Å². The number of piperazine rings is 1. The molecule has 0 aromatic rings. The molecular weight excluding hydrogens is 428 g/mol. The molecule has 3 heterocycles. The fourth-order valence-electron chi connectivity index (χ4n) is 6.00. The Morgan fingerprint density at radius 1 is 0.912 bits per heavy atom. The van der Waals surface area contributed by atoms with E-state index in [0.717, 1.165) is 25.9 Å². The topological polar surface area (TPSA) is 64.2 Å². The standard InChI is InChI=1S/C27H48N4O3/c1-20(2)18-24(31-17-16-30(22(5)32)25(27(31)34)19-21(3)4)26(33)29-14-9-23(10-15-29)8-13-28-11-6-7-12-28/h20-21,23-25H,6-19H2,1-5H3/t24-,25-/m0/s1. The molecule has 7 nitrogen and oxygen atoms in total. The summed E-state index contributed by atoms with van der Waals surface area (Å²) in [7, 11) is 0. The van der Waals surface area contributed by atoms with Gasteiger partial charge in [0.2, 0.25) is 17.7 Å². The van der Waals surface area contributed by atoms with Crippen LogP contribution in [0.1, 0.15) is 79.6 Å². The van der Waals surface area contributed by atoms with E-state index in [2.05, 4.69) is 32.6 Å². The first-order valence-electron chi connectivity index (χ1n) is 13.8. The molecular formula is C27H48N4O3. The van der Waals surface area contributed by atoms with E-state index < -0.39 is 12.1 Å². The summed E-state index contributed by atoms with van der Waals surface area (Å²) in [5.41, 5.74) is 0. The Kier molecular flexibility index (Phi) is 9.81. The maximum Gasteiger partial charge on any atom is 0.246 e. The Bertz CT molecular complexity index is 696. The van der Waals surface area contributed by atoms with E-state index in [1.165, 1.54) is 38.9 Å². The number of amides is 3. The van der Waals surface area contributed by atoms with Crippen molar-refractivity contribution in [3.63, 3.8) is 0 Å². The van der Waals surface area contributed by atoms with E-state index in [4.69, 9.17) is 0 Å². The summed E-state index contributed by atoms with van der Waals surface area (Å²) in [5.74, 6) is 1.32. The number of likely N-dealkylation sites (tertiary alicyclic amines) is 2. The average Bonchev–Trinajstić information content (AvgIpc) is 3.30. The average molecular weight is 477 g/mol. The van der Waals surface area contributed by atoms with Gasteiger partial charge in [0.05, 0.1) is 0 Å². The van der Waals surface area contributed by atoms with Gasteiger partial charge in [0, 0.05) is 33.1 Å². The highest BCUT2D eigenvalue weighted by Crippen LogP contribution is 2.27. The first kappa shape index (κ1) is 27.0. The molecule has 194 valence electrons. The lowest BCUT2D eigenvalue weighted by molar-refractivity contribution is -0.159. The molecule has 0 bridgehead atoms. The van der Waals surface area contributed by atoms with Crippen LogP contribution in [0.5, 0.6) is 0 Å². The summed E-state index contributed by atoms with van der Waals surface area (Å²) in [5, 5.41) is 0. The molecule has 0 spiro atoms. The highest BCUT2D eigenvalue weighted by Gasteiger charge is 2.42. The molecule has 0 unspecified atom stereocenters. The predicted molar refractivity (Wildman–Crippen MR) is 135 cm³/mol. The zero-order valence-corrected chi connectivity index (χ0v) is 22.3. The van der Waals surface area contributed by atoms with E-state index >= 15 is 0 Å². The van der Waals surface area contributed by atoms with Crippen LogP contribution in [0.15, 0.2) is 0 Å². The molecule has 0 aromatic carbocycles. The monoisotopic (exact) mass is 476 g/mol. The van der Waals surface area contributed by atoms with Crippen LogP contribution >= 0.6 is 0 Å². The van der Waals surface area contributed by atoms with Gasteiger partial charge in [-0.05, 0) is 82.3 Å². The number of carbonyl (C=O) groups excluding carboxylic acids is 3. The third kappa shape index (κ3) is 6.96. The fraction of sp³-hybridized carbons (Fsp3) is 0.889. The molecule has 3 amide bonds. The Morgan fingerprint density at radius 2 is 1.56 bits per heavy atom. The second kappa shape index (κ2) is 12.4. The normalized spacial score (nSPS) is 23.9. The molecule has 3 fully saturated rings. The van der Waals surface area contributed by atoms with Crippen LogP contribution in [0.4, 0.5) is 0 Å². The van der Waals surface area contributed by atoms with Gasteiger partial charge < -0.3 is 19.6 Å². The third-order valence-corrected chi connectivity index (χ3v) is 7.96. The fourth-order valence-corrected chi connectivity index (χ4v) is 6.00. The molecule has 3 rings (SSSR count). The van der Waals surface area contributed by atoms with Gasteiger partial charge in [-0.15, -0.1) is 0 Å². The molecule has 0 radical (unpaired) electrons. The van der Waals surface area contributed by atoms with Gasteiger partial charge in [0.15, 0.2) is 0 Å². The van der Waals surface area contributed by atoms with E-state index in [-0.39, 0.29) is 17.7 Å². The van der Waals surface area contributed by atoms with Crippen LogP contribution in [0.25, 0.3) is 0 Å². The molecule has 0 saturated carbocycles. The van der Waals surface area contributed by atoms with E-state index in [9.17, 15) is 14.4 Å². The molecule has 3 aliphatic heterocycles. The Hall–Kier alpha value is -1.63. The van der Waals surface area contributed by atoms with Crippen molar-refractivity contribution in [1.82, 2.24) is 19.6 Å². The van der Waals surface area contributed by atoms with Crippen LogP contribution < -0.4 is 0 Å². The Morgan fingerprint density at radius 3 is 2.12 bits per heavy atom. The van der Waals surface area contributed by atoms with Gasteiger partial charge in [-0.2, -0.15) is 0 Å². The van der Waals surface area contributed by atoms with E-state index in [1.54, 1.807) is 11.8 Å². The molecule has 0 N–H and O–H groups in total. The minimum absolute atomic E-state index is 0.0466. The Labute approximate surface area is 207 Å². The van der Waals surface area contributed by atoms with Crippen LogP contribution in [-0.4, -0.2) is 95.2 Å². The third-order valence-electron chi connectivity index (χ3n) is 7.96. The van der Waals surface area contributed by atoms with Crippen LogP contribution in [0.2, 0.25) is 0 Å². The second-order valence-electron chi connectivity index (χ2n) is 11.6.